The van der Waals surface area contributed by atoms with Gasteiger partial charge in [-0.2, -0.15) is 0 Å². The first-order valence-electron chi connectivity index (χ1n) is 15.1. The number of aliphatic hydroxyl groups excluding tert-OH is 6. The lowest BCUT2D eigenvalue weighted by Gasteiger charge is -2.24. The highest BCUT2D eigenvalue weighted by Crippen LogP contribution is 2.21. The molecule has 2 aromatic carbocycles. The minimum atomic E-state index is -1.15. The molecular formula is C33H47NO14. The fourth-order valence-electron chi connectivity index (χ4n) is 3.51. The van der Waals surface area contributed by atoms with Crippen LogP contribution in [0.5, 0.6) is 0 Å². The molecule has 0 spiro atoms. The van der Waals surface area contributed by atoms with Crippen molar-refractivity contribution in [1.29, 1.82) is 0 Å². The van der Waals surface area contributed by atoms with Gasteiger partial charge in [0.2, 0.25) is 0 Å². The maximum Gasteiger partial charge on any atom is 0.346 e. The SMILES string of the molecule is CCC(CO)(CO)CO.CN(C)CCO.O=C(O)c1ccc2c(c1)C(=O)OC2=O.O=C1OC(=O)c2ccccc21.OCCCCCCO. The van der Waals surface area contributed by atoms with Gasteiger partial charge in [0.1, 0.15) is 0 Å². The normalized spacial score (nSPS) is 12.5. The van der Waals surface area contributed by atoms with Crippen LogP contribution < -0.4 is 0 Å². The van der Waals surface area contributed by atoms with Crippen LogP contribution in [0.1, 0.15) is 90.8 Å². The Hall–Kier alpha value is -4.09. The number of hydrogen-bond acceptors (Lipinski definition) is 14. The molecule has 0 bridgehead atoms. The van der Waals surface area contributed by atoms with Crippen LogP contribution in [0.3, 0.4) is 0 Å². The monoisotopic (exact) mass is 681 g/mol. The average molecular weight is 682 g/mol. The van der Waals surface area contributed by atoms with Crippen LogP contribution in [0.15, 0.2) is 42.5 Å². The number of aliphatic hydroxyl groups is 6. The molecule has 7 N–H and O–H groups in total. The van der Waals surface area contributed by atoms with E-state index < -0.39 is 35.3 Å². The molecule has 0 atom stereocenters. The van der Waals surface area contributed by atoms with Crippen LogP contribution >= 0.6 is 0 Å². The summed E-state index contributed by atoms with van der Waals surface area (Å²) in [5, 5.41) is 59.4. The molecule has 48 heavy (non-hydrogen) atoms. The number of likely N-dealkylation sites (N-methyl/N-ethyl adjacent to an activating group) is 1. The van der Waals surface area contributed by atoms with Crippen molar-refractivity contribution in [1.82, 2.24) is 4.90 Å². The fourth-order valence-corrected chi connectivity index (χ4v) is 3.51. The van der Waals surface area contributed by atoms with Crippen molar-refractivity contribution in [2.45, 2.75) is 39.0 Å². The van der Waals surface area contributed by atoms with Crippen molar-refractivity contribution in [3.05, 3.63) is 70.3 Å². The second kappa shape index (κ2) is 24.1. The van der Waals surface area contributed by atoms with E-state index in [-0.39, 0.29) is 56.3 Å². The molecular weight excluding hydrogens is 634 g/mol. The Balaban J connectivity index is 0.000000594. The van der Waals surface area contributed by atoms with E-state index in [1.807, 2.05) is 25.9 Å². The van der Waals surface area contributed by atoms with Gasteiger partial charge in [-0.1, -0.05) is 31.9 Å². The third-order valence-corrected chi connectivity index (χ3v) is 6.81. The Morgan fingerprint density at radius 2 is 1.06 bits per heavy atom. The van der Waals surface area contributed by atoms with Crippen LogP contribution in [0, 0.1) is 5.41 Å². The first-order valence-corrected chi connectivity index (χ1v) is 15.1. The van der Waals surface area contributed by atoms with Crippen molar-refractivity contribution >= 4 is 29.8 Å². The number of cyclic esters (lactones) is 4. The van der Waals surface area contributed by atoms with E-state index in [4.69, 9.17) is 35.7 Å². The summed E-state index contributed by atoms with van der Waals surface area (Å²) in [4.78, 5) is 56.1. The summed E-state index contributed by atoms with van der Waals surface area (Å²) in [7, 11) is 3.85. The minimum Gasteiger partial charge on any atom is -0.478 e. The molecule has 2 heterocycles. The Bertz CT molecular complexity index is 1250. The first-order chi connectivity index (χ1) is 22.8. The first kappa shape index (κ1) is 43.9. The van der Waals surface area contributed by atoms with E-state index in [0.29, 0.717) is 17.5 Å². The molecule has 15 nitrogen and oxygen atoms in total. The van der Waals surface area contributed by atoms with E-state index in [1.165, 1.54) is 12.1 Å². The van der Waals surface area contributed by atoms with Gasteiger partial charge in [-0.3, -0.25) is 0 Å². The molecule has 4 rings (SSSR count). The number of carbonyl (C=O) groups excluding carboxylic acids is 4. The van der Waals surface area contributed by atoms with Crippen LogP contribution in [-0.4, -0.2) is 131 Å². The Kier molecular flexibility index (Phi) is 22.1. The number of hydrogen-bond donors (Lipinski definition) is 7. The number of ether oxygens (including phenoxy) is 2. The quantitative estimate of drug-likeness (QED) is 0.0942. The topological polar surface area (TPSA) is 249 Å². The molecule has 15 heteroatoms. The molecule has 2 aromatic rings. The third-order valence-electron chi connectivity index (χ3n) is 6.81. The number of carboxylic acid groups (broad SMARTS) is 1. The number of esters is 4. The average Bonchev–Trinajstić information content (AvgIpc) is 3.54. The highest BCUT2D eigenvalue weighted by Gasteiger charge is 2.30. The molecule has 0 saturated heterocycles. The standard InChI is InChI=1S/C9H4O5.C8H4O3.C6H14O3.C6H14O2.C4H11NO/c10-7(11)4-1-2-5-6(3-4)9(13)14-8(5)12;9-7-5-3-1-2-4-6(5)8(10)11-7;1-2-6(3-7,4-8)5-9;7-5-3-1-2-4-6-8;1-5(2)3-4-6/h1-3H,(H,10,11);1-4H;7-9H,2-5H2,1H3;7-8H,1-6H2;6H,3-4H2,1-2H3. The number of nitrogens with zero attached hydrogens (tertiary/aromatic N) is 1. The molecule has 0 amide bonds. The summed E-state index contributed by atoms with van der Waals surface area (Å²) >= 11 is 0. The van der Waals surface area contributed by atoms with E-state index in [1.54, 1.807) is 24.3 Å². The minimum absolute atomic E-state index is 0.00917. The molecule has 0 aromatic heterocycles. The van der Waals surface area contributed by atoms with Gasteiger partial charge in [0, 0.05) is 25.2 Å². The summed E-state index contributed by atoms with van der Waals surface area (Å²) in [5.41, 5.74) is 0.125. The lowest BCUT2D eigenvalue weighted by atomic mass is 9.88. The van der Waals surface area contributed by atoms with Crippen LogP contribution in [-0.2, 0) is 9.47 Å². The third kappa shape index (κ3) is 15.2. The molecule has 268 valence electrons. The summed E-state index contributed by atoms with van der Waals surface area (Å²) in [6.07, 6.45) is 4.42. The number of aromatic carboxylic acids is 1. The number of carboxylic acids is 1. The van der Waals surface area contributed by atoms with Crippen molar-refractivity contribution in [2.24, 2.45) is 5.41 Å². The lowest BCUT2D eigenvalue weighted by Crippen LogP contribution is -2.32. The van der Waals surface area contributed by atoms with Crippen molar-refractivity contribution in [3.8, 4) is 0 Å². The lowest BCUT2D eigenvalue weighted by molar-refractivity contribution is 0.00301. The second-order valence-corrected chi connectivity index (χ2v) is 10.7. The highest BCUT2D eigenvalue weighted by atomic mass is 16.6. The molecule has 2 aliphatic heterocycles. The molecule has 2 aliphatic rings. The zero-order chi connectivity index (χ0) is 36.7. The number of unbranched alkanes of at least 4 members (excludes halogenated alkanes) is 3. The van der Waals surface area contributed by atoms with Crippen molar-refractivity contribution in [3.63, 3.8) is 0 Å². The Labute approximate surface area is 279 Å². The molecule has 0 radical (unpaired) electrons. The molecule has 0 saturated carbocycles. The summed E-state index contributed by atoms with van der Waals surface area (Å²) in [6.45, 7) is 2.94. The van der Waals surface area contributed by atoms with Crippen molar-refractivity contribution < 1.29 is 69.2 Å². The summed E-state index contributed by atoms with van der Waals surface area (Å²) in [6, 6.07) is 10.2. The van der Waals surface area contributed by atoms with Crippen LogP contribution in [0.2, 0.25) is 0 Å². The predicted molar refractivity (Wildman–Crippen MR) is 172 cm³/mol. The van der Waals surface area contributed by atoms with E-state index in [2.05, 4.69) is 9.47 Å². The zero-order valence-corrected chi connectivity index (χ0v) is 27.5. The van der Waals surface area contributed by atoms with Gasteiger partial charge in [0.05, 0.1) is 54.2 Å². The van der Waals surface area contributed by atoms with E-state index in [0.717, 1.165) is 38.3 Å². The van der Waals surface area contributed by atoms with Gasteiger partial charge < -0.3 is 50.1 Å². The summed E-state index contributed by atoms with van der Waals surface area (Å²) < 4.78 is 8.65. The Morgan fingerprint density at radius 3 is 1.35 bits per heavy atom. The van der Waals surface area contributed by atoms with E-state index >= 15 is 0 Å². The van der Waals surface area contributed by atoms with Crippen LogP contribution in [0.4, 0.5) is 0 Å². The molecule has 0 fully saturated rings. The van der Waals surface area contributed by atoms with Gasteiger partial charge in [0.15, 0.2) is 0 Å². The van der Waals surface area contributed by atoms with Gasteiger partial charge in [0.25, 0.3) is 0 Å². The van der Waals surface area contributed by atoms with Crippen LogP contribution in [0.25, 0.3) is 0 Å². The van der Waals surface area contributed by atoms with Gasteiger partial charge >= 0.3 is 29.8 Å². The number of rotatable bonds is 12. The smallest absolute Gasteiger partial charge is 0.346 e. The maximum absolute atomic E-state index is 11.0. The highest BCUT2D eigenvalue weighted by molar-refractivity contribution is 6.15. The van der Waals surface area contributed by atoms with Crippen molar-refractivity contribution in [2.75, 3.05) is 60.3 Å². The molecule has 0 unspecified atom stereocenters. The van der Waals surface area contributed by atoms with Gasteiger partial charge in [-0.05, 0) is 63.7 Å². The number of carbonyl (C=O) groups is 5. The van der Waals surface area contributed by atoms with E-state index in [9.17, 15) is 24.0 Å². The number of benzene rings is 2. The largest absolute Gasteiger partial charge is 0.478 e. The fraction of sp³-hybridized carbons (Fsp3) is 0.485. The summed E-state index contributed by atoms with van der Waals surface area (Å²) in [5.74, 6) is -3.79. The second-order valence-electron chi connectivity index (χ2n) is 10.7. The predicted octanol–water partition coefficient (Wildman–Crippen LogP) is 1.12. The number of fused-ring (bicyclic) bond motifs is 2. The van der Waals surface area contributed by atoms with Gasteiger partial charge in [-0.25, -0.2) is 24.0 Å². The zero-order valence-electron chi connectivity index (χ0n) is 27.5. The maximum atomic E-state index is 11.0. The van der Waals surface area contributed by atoms with Gasteiger partial charge in [-0.15, -0.1) is 0 Å². The molecule has 0 aliphatic carbocycles. The Morgan fingerprint density at radius 1 is 0.646 bits per heavy atom.